The van der Waals surface area contributed by atoms with E-state index in [0.29, 0.717) is 6.54 Å². The van der Waals surface area contributed by atoms with Gasteiger partial charge in [-0.1, -0.05) is 43.7 Å². The second-order valence-corrected chi connectivity index (χ2v) is 4.73. The van der Waals surface area contributed by atoms with Gasteiger partial charge in [0.2, 0.25) is 0 Å². The van der Waals surface area contributed by atoms with E-state index in [9.17, 15) is 4.79 Å². The fraction of sp³-hybridized carbons (Fsp3) is 0.438. The van der Waals surface area contributed by atoms with E-state index < -0.39 is 5.54 Å². The zero-order valence-corrected chi connectivity index (χ0v) is 12.0. The van der Waals surface area contributed by atoms with Crippen molar-refractivity contribution in [2.75, 3.05) is 13.7 Å². The lowest BCUT2D eigenvalue weighted by atomic mass is 9.90. The molecule has 0 heterocycles. The Balaban J connectivity index is 3.02. The van der Waals surface area contributed by atoms with Gasteiger partial charge in [0.25, 0.3) is 0 Å². The Labute approximate surface area is 115 Å². The zero-order chi connectivity index (χ0) is 14.3. The molecule has 0 spiro atoms. The molecule has 1 atom stereocenters. The molecule has 3 nitrogen and oxygen atoms in total. The summed E-state index contributed by atoms with van der Waals surface area (Å²) in [6.45, 7) is 8.19. The highest BCUT2D eigenvalue weighted by Crippen LogP contribution is 2.23. The fourth-order valence-electron chi connectivity index (χ4n) is 2.07. The number of hydrogen-bond acceptors (Lipinski definition) is 3. The molecule has 104 valence electrons. The average Bonchev–Trinajstić information content (AvgIpc) is 2.45. The minimum absolute atomic E-state index is 0.294. The zero-order valence-electron chi connectivity index (χ0n) is 12.0. The first-order valence-corrected chi connectivity index (χ1v) is 6.62. The summed E-state index contributed by atoms with van der Waals surface area (Å²) >= 11 is 0. The van der Waals surface area contributed by atoms with Gasteiger partial charge < -0.3 is 4.74 Å². The largest absolute Gasteiger partial charge is 0.467 e. The Bertz CT molecular complexity index is 425. The van der Waals surface area contributed by atoms with Gasteiger partial charge in [-0.2, -0.15) is 0 Å². The maximum Gasteiger partial charge on any atom is 0.330 e. The lowest BCUT2D eigenvalue weighted by molar-refractivity contribution is -0.148. The molecule has 1 aromatic rings. The van der Waals surface area contributed by atoms with Crippen LogP contribution in [0.1, 0.15) is 31.4 Å². The fourth-order valence-corrected chi connectivity index (χ4v) is 2.07. The number of methoxy groups -OCH3 is 1. The van der Waals surface area contributed by atoms with E-state index in [0.717, 1.165) is 18.4 Å². The van der Waals surface area contributed by atoms with Crippen LogP contribution in [0.4, 0.5) is 0 Å². The predicted molar refractivity (Wildman–Crippen MR) is 78.0 cm³/mol. The highest BCUT2D eigenvalue weighted by Gasteiger charge is 2.35. The topological polar surface area (TPSA) is 38.3 Å². The molecule has 1 rings (SSSR count). The molecule has 0 aliphatic rings. The van der Waals surface area contributed by atoms with Crippen molar-refractivity contribution in [3.8, 4) is 0 Å². The Hall–Kier alpha value is -1.61. The van der Waals surface area contributed by atoms with Gasteiger partial charge in [-0.25, -0.2) is 4.79 Å². The SMILES string of the molecule is C=CCNC(C)(C(=O)OC)c1ccc(CCC)cc1. The number of nitrogens with one attached hydrogen (secondary N) is 1. The molecule has 1 unspecified atom stereocenters. The summed E-state index contributed by atoms with van der Waals surface area (Å²) in [5.41, 5.74) is 1.34. The van der Waals surface area contributed by atoms with Crippen molar-refractivity contribution in [3.63, 3.8) is 0 Å². The van der Waals surface area contributed by atoms with E-state index in [4.69, 9.17) is 4.74 Å². The summed E-state index contributed by atoms with van der Waals surface area (Å²) in [5, 5.41) is 3.17. The number of rotatable bonds is 7. The van der Waals surface area contributed by atoms with Crippen LogP contribution in [0.2, 0.25) is 0 Å². The molecule has 1 N–H and O–H groups in total. The number of carbonyl (C=O) groups is 1. The van der Waals surface area contributed by atoms with Crippen LogP contribution >= 0.6 is 0 Å². The van der Waals surface area contributed by atoms with Crippen molar-refractivity contribution in [1.29, 1.82) is 0 Å². The molecule has 0 radical (unpaired) electrons. The van der Waals surface area contributed by atoms with Gasteiger partial charge in [-0.15, -0.1) is 6.58 Å². The van der Waals surface area contributed by atoms with Crippen LogP contribution in [0.5, 0.6) is 0 Å². The molecule has 0 amide bonds. The van der Waals surface area contributed by atoms with E-state index >= 15 is 0 Å². The Morgan fingerprint density at radius 3 is 2.53 bits per heavy atom. The summed E-state index contributed by atoms with van der Waals surface area (Å²) in [6, 6.07) is 8.10. The van der Waals surface area contributed by atoms with Gasteiger partial charge in [0.15, 0.2) is 0 Å². The van der Waals surface area contributed by atoms with Crippen molar-refractivity contribution < 1.29 is 9.53 Å². The number of hydrogen-bond donors (Lipinski definition) is 1. The predicted octanol–water partition coefficient (Wildman–Crippen LogP) is 2.80. The number of carbonyl (C=O) groups excluding carboxylic acids is 1. The smallest absolute Gasteiger partial charge is 0.330 e. The van der Waals surface area contributed by atoms with Crippen molar-refractivity contribution in [3.05, 3.63) is 48.0 Å². The van der Waals surface area contributed by atoms with E-state index in [1.807, 2.05) is 19.1 Å². The molecule has 3 heteroatoms. The van der Waals surface area contributed by atoms with Crippen LogP contribution in [0.3, 0.4) is 0 Å². The van der Waals surface area contributed by atoms with Crippen molar-refractivity contribution in [2.45, 2.75) is 32.2 Å². The third-order valence-corrected chi connectivity index (χ3v) is 3.26. The summed E-state index contributed by atoms with van der Waals surface area (Å²) in [7, 11) is 1.40. The minimum Gasteiger partial charge on any atom is -0.467 e. The van der Waals surface area contributed by atoms with Gasteiger partial charge in [0, 0.05) is 6.54 Å². The van der Waals surface area contributed by atoms with Crippen molar-refractivity contribution in [1.82, 2.24) is 5.32 Å². The first-order chi connectivity index (χ1) is 9.08. The minimum atomic E-state index is -0.840. The average molecular weight is 261 g/mol. The standard InChI is InChI=1S/C16H23NO2/c1-5-7-13-8-10-14(11-9-13)16(3,15(18)19-4)17-12-6-2/h6,8-11,17H,2,5,7,12H2,1,3-4H3. The third-order valence-electron chi connectivity index (χ3n) is 3.26. The van der Waals surface area contributed by atoms with Gasteiger partial charge in [-0.05, 0) is 24.5 Å². The molecule has 0 bridgehead atoms. The highest BCUT2D eigenvalue weighted by molar-refractivity contribution is 5.82. The molecule has 0 aliphatic carbocycles. The molecule has 19 heavy (non-hydrogen) atoms. The number of ether oxygens (including phenoxy) is 1. The van der Waals surface area contributed by atoms with Crippen LogP contribution in [0.15, 0.2) is 36.9 Å². The van der Waals surface area contributed by atoms with Gasteiger partial charge in [-0.3, -0.25) is 5.32 Å². The van der Waals surface area contributed by atoms with Crippen LogP contribution < -0.4 is 5.32 Å². The number of aryl methyl sites for hydroxylation is 1. The number of esters is 1. The first kappa shape index (κ1) is 15.4. The van der Waals surface area contributed by atoms with Crippen molar-refractivity contribution in [2.24, 2.45) is 0 Å². The van der Waals surface area contributed by atoms with Crippen LogP contribution in [0.25, 0.3) is 0 Å². The van der Waals surface area contributed by atoms with Gasteiger partial charge in [0.1, 0.15) is 5.54 Å². The molecular formula is C16H23NO2. The van der Waals surface area contributed by atoms with Gasteiger partial charge in [0.05, 0.1) is 7.11 Å². The second-order valence-electron chi connectivity index (χ2n) is 4.73. The third kappa shape index (κ3) is 3.67. The normalized spacial score (nSPS) is 13.6. The summed E-state index contributed by atoms with van der Waals surface area (Å²) in [5.74, 6) is -0.294. The summed E-state index contributed by atoms with van der Waals surface area (Å²) < 4.78 is 4.91. The quantitative estimate of drug-likeness (QED) is 0.606. The molecule has 1 aromatic carbocycles. The summed E-state index contributed by atoms with van der Waals surface area (Å²) in [4.78, 5) is 12.0. The van der Waals surface area contributed by atoms with Crippen LogP contribution in [0, 0.1) is 0 Å². The first-order valence-electron chi connectivity index (χ1n) is 6.62. The monoisotopic (exact) mass is 261 g/mol. The Kier molecular flexibility index (Phi) is 5.77. The molecule has 0 saturated heterocycles. The van der Waals surface area contributed by atoms with Crippen LogP contribution in [-0.2, 0) is 21.5 Å². The maximum absolute atomic E-state index is 12.0. The van der Waals surface area contributed by atoms with E-state index in [1.54, 1.807) is 6.08 Å². The van der Waals surface area contributed by atoms with Crippen molar-refractivity contribution >= 4 is 5.97 Å². The lowest BCUT2D eigenvalue weighted by Crippen LogP contribution is -2.47. The van der Waals surface area contributed by atoms with Crippen LogP contribution in [-0.4, -0.2) is 19.6 Å². The summed E-state index contributed by atoms with van der Waals surface area (Å²) in [6.07, 6.45) is 3.89. The molecule has 0 fully saturated rings. The molecular weight excluding hydrogens is 238 g/mol. The van der Waals surface area contributed by atoms with E-state index in [-0.39, 0.29) is 5.97 Å². The van der Waals surface area contributed by atoms with Gasteiger partial charge >= 0.3 is 5.97 Å². The molecule has 0 aromatic heterocycles. The van der Waals surface area contributed by atoms with E-state index in [1.165, 1.54) is 12.7 Å². The molecule has 0 saturated carbocycles. The molecule has 0 aliphatic heterocycles. The Morgan fingerprint density at radius 1 is 1.42 bits per heavy atom. The second kappa shape index (κ2) is 7.10. The highest BCUT2D eigenvalue weighted by atomic mass is 16.5. The Morgan fingerprint density at radius 2 is 2.05 bits per heavy atom. The van der Waals surface area contributed by atoms with E-state index in [2.05, 4.69) is 31.0 Å². The lowest BCUT2D eigenvalue weighted by Gasteiger charge is -2.28. The maximum atomic E-state index is 12.0. The number of benzene rings is 1.